The Morgan fingerprint density at radius 1 is 0.909 bits per heavy atom. The molecule has 0 saturated heterocycles. The number of aryl methyl sites for hydroxylation is 1. The third kappa shape index (κ3) is 6.93. The van der Waals surface area contributed by atoms with Gasteiger partial charge in [0.15, 0.2) is 0 Å². The van der Waals surface area contributed by atoms with Gasteiger partial charge in [0, 0.05) is 0 Å². The largest absolute Gasteiger partial charge is 0.285 e. The normalized spacial score (nSPS) is 13.2. The second kappa shape index (κ2) is 10.0. The molecule has 0 amide bonds. The summed E-state index contributed by atoms with van der Waals surface area (Å²) in [4.78, 5) is 0. The summed E-state index contributed by atoms with van der Waals surface area (Å²) in [6.07, 6.45) is 10.5. The molecular weight excluding hydrogens is 296 g/mol. The van der Waals surface area contributed by atoms with Gasteiger partial charge < -0.3 is 0 Å². The molecule has 1 atom stereocenters. The molecule has 22 heavy (non-hydrogen) atoms. The molecule has 0 aromatic heterocycles. The summed E-state index contributed by atoms with van der Waals surface area (Å²) in [5.41, 5.74) is 1.91. The van der Waals surface area contributed by atoms with E-state index in [2.05, 4.69) is 6.92 Å². The van der Waals surface area contributed by atoms with Crippen molar-refractivity contribution in [3.05, 3.63) is 35.4 Å². The highest BCUT2D eigenvalue weighted by Crippen LogP contribution is 2.25. The van der Waals surface area contributed by atoms with Gasteiger partial charge in [-0.05, 0) is 30.4 Å². The lowest BCUT2D eigenvalue weighted by atomic mass is 10.0. The maximum absolute atomic E-state index is 11.3. The molecule has 0 aliphatic rings. The molecule has 1 rings (SSSR count). The summed E-state index contributed by atoms with van der Waals surface area (Å²) in [5, 5.41) is -0.805. The molecule has 0 aliphatic carbocycles. The molecule has 0 spiro atoms. The first-order chi connectivity index (χ1) is 10.5. The third-order valence-electron chi connectivity index (χ3n) is 4.15. The van der Waals surface area contributed by atoms with Crippen molar-refractivity contribution in [1.82, 2.24) is 0 Å². The Labute approximate surface area is 135 Å². The number of hydrogen-bond donors (Lipinski definition) is 1. The Bertz CT molecular complexity index is 506. The van der Waals surface area contributed by atoms with Gasteiger partial charge in [-0.25, -0.2) is 0 Å². The summed E-state index contributed by atoms with van der Waals surface area (Å²) in [7, 11) is -4.01. The van der Waals surface area contributed by atoms with E-state index in [1.807, 2.05) is 24.3 Å². The molecule has 0 saturated carbocycles. The first kappa shape index (κ1) is 19.2. The van der Waals surface area contributed by atoms with Crippen LogP contribution in [0.4, 0.5) is 0 Å². The van der Waals surface area contributed by atoms with Crippen LogP contribution in [-0.2, 0) is 16.5 Å². The minimum absolute atomic E-state index is 0.385. The average Bonchev–Trinajstić information content (AvgIpc) is 2.47. The topological polar surface area (TPSA) is 54.4 Å². The molecule has 0 bridgehead atoms. The summed E-state index contributed by atoms with van der Waals surface area (Å²) in [5.74, 6) is 0. The van der Waals surface area contributed by atoms with Crippen LogP contribution < -0.4 is 0 Å². The van der Waals surface area contributed by atoms with Gasteiger partial charge in [-0.15, -0.1) is 0 Å². The molecule has 1 aromatic rings. The standard InChI is InChI=1S/C18H30O3S/c1-3-5-6-7-8-9-10-11-16-12-14-17(15-13-16)18(4-2)22(19,20)21/h12-15,18H,3-11H2,1-2H3,(H,19,20,21). The zero-order valence-corrected chi connectivity index (χ0v) is 14.7. The van der Waals surface area contributed by atoms with E-state index in [4.69, 9.17) is 0 Å². The van der Waals surface area contributed by atoms with E-state index in [1.54, 1.807) is 6.92 Å². The fraction of sp³-hybridized carbons (Fsp3) is 0.667. The SMILES string of the molecule is CCCCCCCCCc1ccc(C(CC)S(=O)(=O)O)cc1. The second-order valence-electron chi connectivity index (χ2n) is 6.02. The van der Waals surface area contributed by atoms with Gasteiger partial charge >= 0.3 is 0 Å². The van der Waals surface area contributed by atoms with E-state index in [0.717, 1.165) is 6.42 Å². The van der Waals surface area contributed by atoms with Crippen LogP contribution in [0.15, 0.2) is 24.3 Å². The maximum Gasteiger partial charge on any atom is 0.271 e. The van der Waals surface area contributed by atoms with E-state index in [-0.39, 0.29) is 0 Å². The third-order valence-corrected chi connectivity index (χ3v) is 5.48. The highest BCUT2D eigenvalue weighted by Gasteiger charge is 2.22. The number of hydrogen-bond acceptors (Lipinski definition) is 2. The van der Waals surface area contributed by atoms with Crippen LogP contribution in [0.1, 0.15) is 81.6 Å². The molecule has 0 heterocycles. The molecule has 1 N–H and O–H groups in total. The van der Waals surface area contributed by atoms with Crippen molar-refractivity contribution in [3.8, 4) is 0 Å². The van der Waals surface area contributed by atoms with Crippen molar-refractivity contribution in [2.75, 3.05) is 0 Å². The van der Waals surface area contributed by atoms with Crippen molar-refractivity contribution in [2.24, 2.45) is 0 Å². The molecular formula is C18H30O3S. The average molecular weight is 327 g/mol. The van der Waals surface area contributed by atoms with Crippen LogP contribution in [0.2, 0.25) is 0 Å². The van der Waals surface area contributed by atoms with Gasteiger partial charge in [-0.1, -0.05) is 76.6 Å². The summed E-state index contributed by atoms with van der Waals surface area (Å²) >= 11 is 0. The summed E-state index contributed by atoms with van der Waals surface area (Å²) in [6, 6.07) is 7.64. The first-order valence-corrected chi connectivity index (χ1v) is 10.0. The predicted octanol–water partition coefficient (Wildman–Crippen LogP) is 5.32. The maximum atomic E-state index is 11.3. The smallest absolute Gasteiger partial charge is 0.271 e. The van der Waals surface area contributed by atoms with Crippen molar-refractivity contribution in [1.29, 1.82) is 0 Å². The second-order valence-corrected chi connectivity index (χ2v) is 7.62. The van der Waals surface area contributed by atoms with Gasteiger partial charge in [0.05, 0.1) is 0 Å². The molecule has 0 radical (unpaired) electrons. The number of rotatable bonds is 11. The van der Waals surface area contributed by atoms with Gasteiger partial charge in [0.2, 0.25) is 0 Å². The fourth-order valence-electron chi connectivity index (χ4n) is 2.80. The van der Waals surface area contributed by atoms with Crippen molar-refractivity contribution in [3.63, 3.8) is 0 Å². The van der Waals surface area contributed by atoms with Gasteiger partial charge in [0.1, 0.15) is 5.25 Å². The van der Waals surface area contributed by atoms with E-state index in [0.29, 0.717) is 12.0 Å². The lowest BCUT2D eigenvalue weighted by Gasteiger charge is -2.12. The minimum atomic E-state index is -4.01. The minimum Gasteiger partial charge on any atom is -0.285 e. The Kier molecular flexibility index (Phi) is 8.72. The Morgan fingerprint density at radius 2 is 1.45 bits per heavy atom. The van der Waals surface area contributed by atoms with Crippen molar-refractivity contribution in [2.45, 2.75) is 76.9 Å². The molecule has 4 heteroatoms. The number of benzene rings is 1. The molecule has 3 nitrogen and oxygen atoms in total. The van der Waals surface area contributed by atoms with Crippen LogP contribution in [0.25, 0.3) is 0 Å². The van der Waals surface area contributed by atoms with E-state index in [9.17, 15) is 13.0 Å². The summed E-state index contributed by atoms with van der Waals surface area (Å²) in [6.45, 7) is 4.00. The van der Waals surface area contributed by atoms with Crippen LogP contribution in [0, 0.1) is 0 Å². The zero-order chi connectivity index (χ0) is 16.4. The number of unbranched alkanes of at least 4 members (excludes halogenated alkanes) is 6. The van der Waals surface area contributed by atoms with Gasteiger partial charge in [0.25, 0.3) is 10.1 Å². The van der Waals surface area contributed by atoms with Crippen LogP contribution in [0.5, 0.6) is 0 Å². The Balaban J connectivity index is 2.39. The van der Waals surface area contributed by atoms with Crippen molar-refractivity contribution >= 4 is 10.1 Å². The molecule has 0 aliphatic heterocycles. The van der Waals surface area contributed by atoms with Crippen molar-refractivity contribution < 1.29 is 13.0 Å². The summed E-state index contributed by atoms with van der Waals surface area (Å²) < 4.78 is 31.9. The fourth-order valence-corrected chi connectivity index (χ4v) is 3.73. The van der Waals surface area contributed by atoms with Crippen LogP contribution in [0.3, 0.4) is 0 Å². The molecule has 1 unspecified atom stereocenters. The van der Waals surface area contributed by atoms with E-state index >= 15 is 0 Å². The van der Waals surface area contributed by atoms with Crippen LogP contribution in [-0.4, -0.2) is 13.0 Å². The molecule has 0 fully saturated rings. The lowest BCUT2D eigenvalue weighted by molar-refractivity contribution is 0.466. The highest BCUT2D eigenvalue weighted by molar-refractivity contribution is 7.86. The zero-order valence-electron chi connectivity index (χ0n) is 13.9. The molecule has 1 aromatic carbocycles. The quantitative estimate of drug-likeness (QED) is 0.442. The monoisotopic (exact) mass is 326 g/mol. The van der Waals surface area contributed by atoms with Gasteiger partial charge in [-0.2, -0.15) is 8.42 Å². The first-order valence-electron chi connectivity index (χ1n) is 8.54. The molecule has 126 valence electrons. The highest BCUT2D eigenvalue weighted by atomic mass is 32.2. The van der Waals surface area contributed by atoms with Crippen LogP contribution >= 0.6 is 0 Å². The van der Waals surface area contributed by atoms with Gasteiger partial charge in [-0.3, -0.25) is 4.55 Å². The van der Waals surface area contributed by atoms with E-state index < -0.39 is 15.4 Å². The lowest BCUT2D eigenvalue weighted by Crippen LogP contribution is -2.11. The van der Waals surface area contributed by atoms with E-state index in [1.165, 1.54) is 50.5 Å². The Morgan fingerprint density at radius 3 is 1.95 bits per heavy atom. The predicted molar refractivity (Wildman–Crippen MR) is 92.7 cm³/mol. The Hall–Kier alpha value is -0.870.